The Balaban J connectivity index is 1.67. The molecule has 1 aliphatic rings. The first kappa shape index (κ1) is 21.0. The molecule has 2 unspecified atom stereocenters. The molecule has 1 fully saturated rings. The Hall–Kier alpha value is -2.30. The molecule has 3 aromatic rings. The molecular weight excluding hydrogens is 468 g/mol. The average Bonchev–Trinajstić information content (AvgIpc) is 3.16. The van der Waals surface area contributed by atoms with Crippen LogP contribution in [0.15, 0.2) is 52.4 Å². The minimum Gasteiger partial charge on any atom is -0.372 e. The summed E-state index contributed by atoms with van der Waals surface area (Å²) < 4.78 is 8.44. The normalized spacial score (nSPS) is 19.1. The highest BCUT2D eigenvalue weighted by atomic mass is 79.9. The number of thioether (sulfide) groups is 1. The highest BCUT2D eigenvalue weighted by Crippen LogP contribution is 2.25. The summed E-state index contributed by atoms with van der Waals surface area (Å²) in [7, 11) is 0. The zero-order valence-electron chi connectivity index (χ0n) is 16.6. The first-order valence-corrected chi connectivity index (χ1v) is 11.3. The second-order valence-electron chi connectivity index (χ2n) is 7.06. The van der Waals surface area contributed by atoms with E-state index >= 15 is 0 Å². The Bertz CT molecular complexity index is 1000. The number of nitrogens with zero attached hydrogens (tertiary/aromatic N) is 6. The molecule has 0 saturated carbocycles. The first-order chi connectivity index (χ1) is 14.5. The summed E-state index contributed by atoms with van der Waals surface area (Å²) in [6, 6.07) is 9.49. The van der Waals surface area contributed by atoms with Gasteiger partial charge in [-0.1, -0.05) is 32.9 Å². The Morgan fingerprint density at radius 1 is 1.17 bits per heavy atom. The fraction of sp³-hybridized carbons (Fsp3) is 0.350. The molecule has 3 heterocycles. The molecule has 2 atom stereocenters. The van der Waals surface area contributed by atoms with Crippen LogP contribution in [0, 0.1) is 0 Å². The summed E-state index contributed by atoms with van der Waals surface area (Å²) >= 11 is 4.89. The van der Waals surface area contributed by atoms with E-state index in [4.69, 9.17) is 4.74 Å². The van der Waals surface area contributed by atoms with Crippen LogP contribution >= 0.6 is 27.7 Å². The second kappa shape index (κ2) is 9.23. The molecule has 0 aliphatic carbocycles. The van der Waals surface area contributed by atoms with E-state index in [0.717, 1.165) is 10.2 Å². The van der Waals surface area contributed by atoms with Crippen LogP contribution in [-0.4, -0.2) is 61.1 Å². The largest absolute Gasteiger partial charge is 0.372 e. The summed E-state index contributed by atoms with van der Waals surface area (Å²) in [5.74, 6) is 0.328. The third-order valence-corrected chi connectivity index (χ3v) is 6.04. The van der Waals surface area contributed by atoms with E-state index in [9.17, 15) is 4.79 Å². The lowest BCUT2D eigenvalue weighted by atomic mass is 10.2. The number of morpholine rings is 1. The first-order valence-electron chi connectivity index (χ1n) is 9.56. The van der Waals surface area contributed by atoms with Crippen LogP contribution in [0.1, 0.15) is 30.0 Å². The second-order valence-corrected chi connectivity index (χ2v) is 8.92. The van der Waals surface area contributed by atoms with Gasteiger partial charge in [0, 0.05) is 35.7 Å². The van der Waals surface area contributed by atoms with Crippen LogP contribution < -0.4 is 0 Å². The Labute approximate surface area is 187 Å². The van der Waals surface area contributed by atoms with E-state index in [1.165, 1.54) is 11.8 Å². The van der Waals surface area contributed by atoms with Crippen LogP contribution in [0.5, 0.6) is 0 Å². The van der Waals surface area contributed by atoms with E-state index in [-0.39, 0.29) is 18.1 Å². The molecule has 1 aliphatic heterocycles. The quantitative estimate of drug-likeness (QED) is 0.401. The molecule has 2 aromatic heterocycles. The van der Waals surface area contributed by atoms with Gasteiger partial charge in [-0.15, -0.1) is 5.10 Å². The summed E-state index contributed by atoms with van der Waals surface area (Å²) in [6.45, 7) is 5.00. The van der Waals surface area contributed by atoms with Gasteiger partial charge in [0.05, 0.1) is 23.6 Å². The van der Waals surface area contributed by atoms with Gasteiger partial charge in [0.25, 0.3) is 5.91 Å². The summed E-state index contributed by atoms with van der Waals surface area (Å²) in [5.41, 5.74) is 1.90. The van der Waals surface area contributed by atoms with Crippen molar-refractivity contribution >= 4 is 33.6 Å². The number of rotatable bonds is 5. The molecule has 8 nitrogen and oxygen atoms in total. The predicted octanol–water partition coefficient (Wildman–Crippen LogP) is 3.36. The maximum Gasteiger partial charge on any atom is 0.276 e. The van der Waals surface area contributed by atoms with Gasteiger partial charge in [-0.2, -0.15) is 0 Å². The fourth-order valence-corrected chi connectivity index (χ4v) is 4.43. The molecule has 1 saturated heterocycles. The number of amides is 1. The average molecular weight is 489 g/mol. The van der Waals surface area contributed by atoms with E-state index in [0.29, 0.717) is 35.4 Å². The van der Waals surface area contributed by atoms with Crippen LogP contribution in [0.2, 0.25) is 0 Å². The maximum atomic E-state index is 13.3. The number of carbonyl (C=O) groups is 1. The number of ether oxygens (including phenoxy) is 1. The molecule has 0 radical (unpaired) electrons. The highest BCUT2D eigenvalue weighted by molar-refractivity contribution is 9.10. The minimum absolute atomic E-state index is 0.0187. The predicted molar refractivity (Wildman–Crippen MR) is 117 cm³/mol. The van der Waals surface area contributed by atoms with Gasteiger partial charge in [-0.3, -0.25) is 4.79 Å². The van der Waals surface area contributed by atoms with Crippen molar-refractivity contribution in [2.24, 2.45) is 0 Å². The van der Waals surface area contributed by atoms with E-state index in [2.05, 4.69) is 36.2 Å². The SMILES string of the molecule is CC1CN(C(=O)c2nnn(-c3ccc(Br)cc3)c2CSc2ncccn2)CC(C)O1. The number of hydrogen-bond donors (Lipinski definition) is 0. The zero-order valence-corrected chi connectivity index (χ0v) is 19.0. The van der Waals surface area contributed by atoms with Crippen molar-refractivity contribution in [1.82, 2.24) is 29.9 Å². The molecular formula is C20H21BrN6O2S. The Morgan fingerprint density at radius 2 is 1.83 bits per heavy atom. The maximum absolute atomic E-state index is 13.3. The minimum atomic E-state index is -0.134. The van der Waals surface area contributed by atoms with Crippen molar-refractivity contribution in [2.75, 3.05) is 13.1 Å². The van der Waals surface area contributed by atoms with Gasteiger partial charge >= 0.3 is 0 Å². The molecule has 0 bridgehead atoms. The van der Waals surface area contributed by atoms with Crippen molar-refractivity contribution < 1.29 is 9.53 Å². The molecule has 1 aromatic carbocycles. The fourth-order valence-electron chi connectivity index (χ4n) is 3.37. The van der Waals surface area contributed by atoms with E-state index in [1.54, 1.807) is 28.0 Å². The number of carbonyl (C=O) groups excluding carboxylic acids is 1. The van der Waals surface area contributed by atoms with Crippen molar-refractivity contribution in [3.05, 3.63) is 58.6 Å². The lowest BCUT2D eigenvalue weighted by Crippen LogP contribution is -2.48. The summed E-state index contributed by atoms with van der Waals surface area (Å²) in [5, 5.41) is 9.20. The molecule has 1 amide bonds. The van der Waals surface area contributed by atoms with Gasteiger partial charge < -0.3 is 9.64 Å². The summed E-state index contributed by atoms with van der Waals surface area (Å²) in [6.07, 6.45) is 3.36. The smallest absolute Gasteiger partial charge is 0.276 e. The molecule has 10 heteroatoms. The lowest BCUT2D eigenvalue weighted by Gasteiger charge is -2.35. The van der Waals surface area contributed by atoms with Crippen LogP contribution in [0.25, 0.3) is 5.69 Å². The van der Waals surface area contributed by atoms with Crippen molar-refractivity contribution in [2.45, 2.75) is 37.0 Å². The number of benzene rings is 1. The zero-order chi connectivity index (χ0) is 21.1. The topological polar surface area (TPSA) is 86.0 Å². The van der Waals surface area contributed by atoms with Crippen LogP contribution in [0.3, 0.4) is 0 Å². The molecule has 4 rings (SSSR count). The molecule has 156 valence electrons. The summed E-state index contributed by atoms with van der Waals surface area (Å²) in [4.78, 5) is 23.6. The molecule has 0 N–H and O–H groups in total. The van der Waals surface area contributed by atoms with Crippen molar-refractivity contribution in [3.63, 3.8) is 0 Å². The van der Waals surface area contributed by atoms with Crippen molar-refractivity contribution in [1.29, 1.82) is 0 Å². The Morgan fingerprint density at radius 3 is 2.50 bits per heavy atom. The third-order valence-electron chi connectivity index (χ3n) is 4.62. The molecule has 30 heavy (non-hydrogen) atoms. The number of aromatic nitrogens is 5. The number of halogens is 1. The van der Waals surface area contributed by atoms with Crippen molar-refractivity contribution in [3.8, 4) is 5.69 Å². The van der Waals surface area contributed by atoms with E-state index in [1.807, 2.05) is 38.1 Å². The van der Waals surface area contributed by atoms with E-state index < -0.39 is 0 Å². The van der Waals surface area contributed by atoms with Gasteiger partial charge in [0.15, 0.2) is 10.9 Å². The van der Waals surface area contributed by atoms with Crippen LogP contribution in [-0.2, 0) is 10.5 Å². The highest BCUT2D eigenvalue weighted by Gasteiger charge is 2.31. The van der Waals surface area contributed by atoms with Gasteiger partial charge in [-0.25, -0.2) is 14.6 Å². The third kappa shape index (κ3) is 4.71. The standard InChI is InChI=1S/C20H21BrN6O2S/c1-13-10-26(11-14(2)29-13)19(28)18-17(12-30-20-22-8-3-9-23-20)27(25-24-18)16-6-4-15(21)5-7-16/h3-9,13-14H,10-12H2,1-2H3. The van der Waals surface area contributed by atoms with Gasteiger partial charge in [0.2, 0.25) is 0 Å². The number of hydrogen-bond acceptors (Lipinski definition) is 7. The molecule has 0 spiro atoms. The van der Waals surface area contributed by atoms with Gasteiger partial charge in [-0.05, 0) is 44.2 Å². The monoisotopic (exact) mass is 488 g/mol. The Kier molecular flexibility index (Phi) is 6.45. The lowest BCUT2D eigenvalue weighted by molar-refractivity contribution is -0.0587. The van der Waals surface area contributed by atoms with Gasteiger partial charge in [0.1, 0.15) is 0 Å². The van der Waals surface area contributed by atoms with Crippen LogP contribution in [0.4, 0.5) is 0 Å².